The summed E-state index contributed by atoms with van der Waals surface area (Å²) in [6.07, 6.45) is -0.533. The van der Waals surface area contributed by atoms with Crippen molar-refractivity contribution in [3.63, 3.8) is 0 Å². The molecule has 8 heteroatoms. The standard InChI is InChI=1S/C25H24N2O6/c1-32-20-11-9-18(10-12-20)16-26-25(31)33-21-13-7-17(8-14-21)15-22(24(29)30)27-23(28)19-5-3-2-4-6-19/h2-14,22H,15-16H2,1H3,(H,26,31)(H,27,28)(H,29,30)/t22-/m0/s1. The Morgan fingerprint density at radius 2 is 1.45 bits per heavy atom. The Bertz CT molecular complexity index is 1080. The van der Waals surface area contributed by atoms with Crippen LogP contribution < -0.4 is 20.1 Å². The van der Waals surface area contributed by atoms with Gasteiger partial charge in [-0.25, -0.2) is 9.59 Å². The maximum atomic E-state index is 12.3. The second-order valence-corrected chi connectivity index (χ2v) is 7.17. The average Bonchev–Trinajstić information content (AvgIpc) is 2.84. The number of hydrogen-bond acceptors (Lipinski definition) is 5. The van der Waals surface area contributed by atoms with Gasteiger partial charge in [0.15, 0.2) is 0 Å². The molecule has 3 aromatic carbocycles. The normalized spacial score (nSPS) is 11.2. The van der Waals surface area contributed by atoms with Crippen LogP contribution in [0.2, 0.25) is 0 Å². The second kappa shape index (κ2) is 11.3. The summed E-state index contributed by atoms with van der Waals surface area (Å²) in [5.41, 5.74) is 1.94. The molecule has 8 nitrogen and oxygen atoms in total. The lowest BCUT2D eigenvalue weighted by molar-refractivity contribution is -0.139. The zero-order valence-electron chi connectivity index (χ0n) is 18.0. The van der Waals surface area contributed by atoms with Crippen LogP contribution in [0.3, 0.4) is 0 Å². The van der Waals surface area contributed by atoms with Gasteiger partial charge < -0.3 is 25.2 Å². The van der Waals surface area contributed by atoms with E-state index < -0.39 is 24.0 Å². The molecule has 3 N–H and O–H groups in total. The molecule has 0 fully saturated rings. The largest absolute Gasteiger partial charge is 0.497 e. The Balaban J connectivity index is 1.51. The lowest BCUT2D eigenvalue weighted by Crippen LogP contribution is -2.42. The Morgan fingerprint density at radius 1 is 0.848 bits per heavy atom. The molecular weight excluding hydrogens is 424 g/mol. The molecule has 170 valence electrons. The highest BCUT2D eigenvalue weighted by atomic mass is 16.6. The number of carboxylic acid groups (broad SMARTS) is 1. The van der Waals surface area contributed by atoms with Gasteiger partial charge in [-0.15, -0.1) is 0 Å². The van der Waals surface area contributed by atoms with E-state index in [0.717, 1.165) is 11.3 Å². The molecule has 0 unspecified atom stereocenters. The van der Waals surface area contributed by atoms with Crippen molar-refractivity contribution >= 4 is 18.0 Å². The molecule has 0 spiro atoms. The fraction of sp³-hybridized carbons (Fsp3) is 0.160. The topological polar surface area (TPSA) is 114 Å². The van der Waals surface area contributed by atoms with E-state index >= 15 is 0 Å². The Morgan fingerprint density at radius 3 is 2.06 bits per heavy atom. The van der Waals surface area contributed by atoms with Gasteiger partial charge in [0.25, 0.3) is 5.91 Å². The van der Waals surface area contributed by atoms with Crippen molar-refractivity contribution in [3.8, 4) is 11.5 Å². The van der Waals surface area contributed by atoms with Crippen molar-refractivity contribution in [1.82, 2.24) is 10.6 Å². The lowest BCUT2D eigenvalue weighted by Gasteiger charge is -2.15. The number of carbonyl (C=O) groups is 3. The molecule has 33 heavy (non-hydrogen) atoms. The highest BCUT2D eigenvalue weighted by Crippen LogP contribution is 2.15. The molecule has 1 atom stereocenters. The van der Waals surface area contributed by atoms with E-state index in [1.807, 2.05) is 12.1 Å². The average molecular weight is 448 g/mol. The van der Waals surface area contributed by atoms with Crippen molar-refractivity contribution in [1.29, 1.82) is 0 Å². The van der Waals surface area contributed by atoms with Crippen LogP contribution in [0.25, 0.3) is 0 Å². The van der Waals surface area contributed by atoms with Gasteiger partial charge in [-0.2, -0.15) is 0 Å². The number of ether oxygens (including phenoxy) is 2. The van der Waals surface area contributed by atoms with E-state index in [1.54, 1.807) is 73.8 Å². The quantitative estimate of drug-likeness (QED) is 0.462. The van der Waals surface area contributed by atoms with Crippen LogP contribution in [0.1, 0.15) is 21.5 Å². The number of methoxy groups -OCH3 is 1. The van der Waals surface area contributed by atoms with Crippen molar-refractivity contribution in [3.05, 3.63) is 95.6 Å². The fourth-order valence-electron chi connectivity index (χ4n) is 3.02. The van der Waals surface area contributed by atoms with Gasteiger partial charge >= 0.3 is 12.1 Å². The van der Waals surface area contributed by atoms with Crippen LogP contribution in [0.5, 0.6) is 11.5 Å². The minimum atomic E-state index is -1.14. The minimum Gasteiger partial charge on any atom is -0.497 e. The van der Waals surface area contributed by atoms with Crippen molar-refractivity contribution in [2.75, 3.05) is 7.11 Å². The molecule has 3 aromatic rings. The smallest absolute Gasteiger partial charge is 0.412 e. The maximum Gasteiger partial charge on any atom is 0.412 e. The van der Waals surface area contributed by atoms with Gasteiger partial charge in [-0.1, -0.05) is 42.5 Å². The third-order valence-electron chi connectivity index (χ3n) is 4.81. The number of hydrogen-bond donors (Lipinski definition) is 3. The first-order valence-corrected chi connectivity index (χ1v) is 10.2. The zero-order chi connectivity index (χ0) is 23.6. The van der Waals surface area contributed by atoms with Gasteiger partial charge in [-0.3, -0.25) is 4.79 Å². The minimum absolute atomic E-state index is 0.0812. The molecule has 0 bridgehead atoms. The molecule has 0 saturated carbocycles. The number of nitrogens with one attached hydrogen (secondary N) is 2. The third kappa shape index (κ3) is 7.10. The van der Waals surface area contributed by atoms with Crippen LogP contribution >= 0.6 is 0 Å². The predicted octanol–water partition coefficient (Wildman–Crippen LogP) is 3.41. The summed E-state index contributed by atoms with van der Waals surface area (Å²) in [6.45, 7) is 0.294. The van der Waals surface area contributed by atoms with Gasteiger partial charge in [0.05, 0.1) is 7.11 Å². The highest BCUT2D eigenvalue weighted by Gasteiger charge is 2.21. The Hall–Kier alpha value is -4.33. The summed E-state index contributed by atoms with van der Waals surface area (Å²) in [6, 6.07) is 21.0. The van der Waals surface area contributed by atoms with Gasteiger partial charge in [-0.05, 0) is 47.5 Å². The SMILES string of the molecule is COc1ccc(CNC(=O)Oc2ccc(C[C@H](NC(=O)c3ccccc3)C(=O)O)cc2)cc1. The molecule has 0 saturated heterocycles. The van der Waals surface area contributed by atoms with Gasteiger partial charge in [0, 0.05) is 18.5 Å². The first-order valence-electron chi connectivity index (χ1n) is 10.2. The summed E-state index contributed by atoms with van der Waals surface area (Å²) in [4.78, 5) is 35.9. The first kappa shape index (κ1) is 23.3. The molecule has 3 rings (SSSR count). The van der Waals surface area contributed by atoms with Crippen LogP contribution in [-0.2, 0) is 17.8 Å². The number of carbonyl (C=O) groups excluding carboxylic acids is 2. The molecule has 2 amide bonds. The molecular formula is C25H24N2O6. The van der Waals surface area contributed by atoms with Crippen molar-refractivity contribution in [2.45, 2.75) is 19.0 Å². The molecule has 0 aliphatic carbocycles. The molecule has 0 aliphatic rings. The summed E-state index contributed by atoms with van der Waals surface area (Å²) in [5, 5.41) is 14.7. The van der Waals surface area contributed by atoms with Gasteiger partial charge in [0.1, 0.15) is 17.5 Å². The second-order valence-electron chi connectivity index (χ2n) is 7.17. The Labute approximate surface area is 191 Å². The van der Waals surface area contributed by atoms with Crippen LogP contribution in [0.15, 0.2) is 78.9 Å². The fourth-order valence-corrected chi connectivity index (χ4v) is 3.02. The van der Waals surface area contributed by atoms with Crippen LogP contribution in [-0.4, -0.2) is 36.2 Å². The van der Waals surface area contributed by atoms with E-state index in [0.29, 0.717) is 23.4 Å². The van der Waals surface area contributed by atoms with Crippen LogP contribution in [0.4, 0.5) is 4.79 Å². The summed E-state index contributed by atoms with van der Waals surface area (Å²) >= 11 is 0. The Kier molecular flexibility index (Phi) is 8.02. The lowest BCUT2D eigenvalue weighted by atomic mass is 10.1. The monoisotopic (exact) mass is 448 g/mol. The molecule has 0 aliphatic heterocycles. The number of carboxylic acids is 1. The van der Waals surface area contributed by atoms with E-state index in [-0.39, 0.29) is 6.42 Å². The van der Waals surface area contributed by atoms with Gasteiger partial charge in [0.2, 0.25) is 0 Å². The van der Waals surface area contributed by atoms with E-state index in [2.05, 4.69) is 10.6 Å². The highest BCUT2D eigenvalue weighted by molar-refractivity contribution is 5.96. The number of benzene rings is 3. The van der Waals surface area contributed by atoms with E-state index in [1.165, 1.54) is 0 Å². The third-order valence-corrected chi connectivity index (χ3v) is 4.81. The van der Waals surface area contributed by atoms with Crippen molar-refractivity contribution < 1.29 is 29.0 Å². The van der Waals surface area contributed by atoms with E-state index in [9.17, 15) is 19.5 Å². The predicted molar refractivity (Wildman–Crippen MR) is 121 cm³/mol. The molecule has 0 aromatic heterocycles. The molecule has 0 radical (unpaired) electrons. The first-order chi connectivity index (χ1) is 15.9. The van der Waals surface area contributed by atoms with Crippen LogP contribution in [0, 0.1) is 0 Å². The summed E-state index contributed by atoms with van der Waals surface area (Å²) in [5.74, 6) is -0.564. The van der Waals surface area contributed by atoms with Crippen molar-refractivity contribution in [2.24, 2.45) is 0 Å². The number of amides is 2. The summed E-state index contributed by atoms with van der Waals surface area (Å²) in [7, 11) is 1.58. The number of rotatable bonds is 9. The maximum absolute atomic E-state index is 12.3. The number of aliphatic carboxylic acids is 1. The van der Waals surface area contributed by atoms with E-state index in [4.69, 9.17) is 9.47 Å². The zero-order valence-corrected chi connectivity index (χ0v) is 18.0. The molecule has 0 heterocycles. The summed E-state index contributed by atoms with van der Waals surface area (Å²) < 4.78 is 10.3.